The predicted octanol–water partition coefficient (Wildman–Crippen LogP) is 1.65. The largest absolute Gasteiger partial charge is 0.325 e. The quantitative estimate of drug-likeness (QED) is 0.883. The van der Waals surface area contributed by atoms with Gasteiger partial charge in [-0.05, 0) is 44.6 Å². The number of likely N-dealkylation sites (N-methyl/N-ethyl adjacent to an activating group) is 1. The Morgan fingerprint density at radius 2 is 2.32 bits per heavy atom. The molecule has 0 aromatic heterocycles. The van der Waals surface area contributed by atoms with E-state index in [0.29, 0.717) is 12.6 Å². The standard InChI is InChI=1S/C14H21N3O.ClH/c1-11-4-3-5-12(8-11)16-14(18)10-17(2)13-6-7-15-9-13;/h3-5,8,13,15H,6-7,9-10H2,1-2H3,(H,16,18);1H. The van der Waals surface area contributed by atoms with Crippen LogP contribution in [0.4, 0.5) is 5.69 Å². The van der Waals surface area contributed by atoms with Crippen LogP contribution in [-0.4, -0.2) is 43.5 Å². The minimum absolute atomic E-state index is 0. The maximum absolute atomic E-state index is 11.9. The zero-order valence-electron chi connectivity index (χ0n) is 11.5. The van der Waals surface area contributed by atoms with Crippen LogP contribution in [0.15, 0.2) is 24.3 Å². The van der Waals surface area contributed by atoms with Gasteiger partial charge < -0.3 is 10.6 Å². The molecule has 4 nitrogen and oxygen atoms in total. The minimum Gasteiger partial charge on any atom is -0.325 e. The Balaban J connectivity index is 0.00000180. The number of carbonyl (C=O) groups is 1. The van der Waals surface area contributed by atoms with Crippen molar-refractivity contribution >= 4 is 24.0 Å². The van der Waals surface area contributed by atoms with Crippen LogP contribution in [0.5, 0.6) is 0 Å². The molecular formula is C14H22ClN3O. The van der Waals surface area contributed by atoms with Crippen molar-refractivity contribution in [3.05, 3.63) is 29.8 Å². The number of nitrogens with zero attached hydrogens (tertiary/aromatic N) is 1. The van der Waals surface area contributed by atoms with E-state index in [1.54, 1.807) is 0 Å². The predicted molar refractivity (Wildman–Crippen MR) is 81.0 cm³/mol. The van der Waals surface area contributed by atoms with Crippen LogP contribution in [0, 0.1) is 6.92 Å². The fourth-order valence-electron chi connectivity index (χ4n) is 2.29. The first-order chi connectivity index (χ1) is 8.65. The maximum Gasteiger partial charge on any atom is 0.238 e. The first-order valence-electron chi connectivity index (χ1n) is 6.42. The van der Waals surface area contributed by atoms with Gasteiger partial charge in [0.1, 0.15) is 0 Å². The van der Waals surface area contributed by atoms with E-state index in [4.69, 9.17) is 0 Å². The monoisotopic (exact) mass is 283 g/mol. The number of aryl methyl sites for hydroxylation is 1. The van der Waals surface area contributed by atoms with Gasteiger partial charge in [-0.25, -0.2) is 0 Å². The topological polar surface area (TPSA) is 44.4 Å². The molecule has 19 heavy (non-hydrogen) atoms. The Morgan fingerprint density at radius 3 is 2.95 bits per heavy atom. The average Bonchev–Trinajstić information content (AvgIpc) is 2.81. The van der Waals surface area contributed by atoms with E-state index in [1.807, 2.05) is 38.2 Å². The zero-order valence-corrected chi connectivity index (χ0v) is 12.3. The van der Waals surface area contributed by atoms with Crippen LogP contribution in [0.1, 0.15) is 12.0 Å². The highest BCUT2D eigenvalue weighted by molar-refractivity contribution is 5.92. The molecule has 0 spiro atoms. The van der Waals surface area contributed by atoms with Gasteiger partial charge in [0.25, 0.3) is 0 Å². The first-order valence-corrected chi connectivity index (χ1v) is 6.42. The second-order valence-corrected chi connectivity index (χ2v) is 4.98. The summed E-state index contributed by atoms with van der Waals surface area (Å²) in [5.74, 6) is 0.0509. The van der Waals surface area contributed by atoms with E-state index >= 15 is 0 Å². The summed E-state index contributed by atoms with van der Waals surface area (Å²) in [5, 5.41) is 6.25. The number of amides is 1. The molecule has 2 rings (SSSR count). The van der Waals surface area contributed by atoms with Crippen molar-refractivity contribution in [2.45, 2.75) is 19.4 Å². The highest BCUT2D eigenvalue weighted by Crippen LogP contribution is 2.10. The summed E-state index contributed by atoms with van der Waals surface area (Å²) in [5.41, 5.74) is 2.03. The lowest BCUT2D eigenvalue weighted by molar-refractivity contribution is -0.117. The summed E-state index contributed by atoms with van der Waals surface area (Å²) in [4.78, 5) is 14.0. The number of benzene rings is 1. The van der Waals surface area contributed by atoms with Crippen molar-refractivity contribution in [1.29, 1.82) is 0 Å². The van der Waals surface area contributed by atoms with E-state index in [1.165, 1.54) is 0 Å². The second-order valence-electron chi connectivity index (χ2n) is 4.98. The van der Waals surface area contributed by atoms with E-state index in [0.717, 1.165) is 30.8 Å². The molecule has 106 valence electrons. The lowest BCUT2D eigenvalue weighted by Crippen LogP contribution is -2.39. The highest BCUT2D eigenvalue weighted by atomic mass is 35.5. The molecule has 1 saturated heterocycles. The Labute approximate surface area is 121 Å². The number of carbonyl (C=O) groups excluding carboxylic acids is 1. The molecule has 1 atom stereocenters. The molecule has 2 N–H and O–H groups in total. The zero-order chi connectivity index (χ0) is 13.0. The Morgan fingerprint density at radius 1 is 1.53 bits per heavy atom. The van der Waals surface area contributed by atoms with Crippen LogP contribution < -0.4 is 10.6 Å². The fraction of sp³-hybridized carbons (Fsp3) is 0.500. The summed E-state index contributed by atoms with van der Waals surface area (Å²) < 4.78 is 0. The van der Waals surface area contributed by atoms with E-state index in [-0.39, 0.29) is 18.3 Å². The molecule has 0 bridgehead atoms. The van der Waals surface area contributed by atoms with E-state index in [2.05, 4.69) is 15.5 Å². The van der Waals surface area contributed by atoms with E-state index < -0.39 is 0 Å². The van der Waals surface area contributed by atoms with Crippen molar-refractivity contribution < 1.29 is 4.79 Å². The fourth-order valence-corrected chi connectivity index (χ4v) is 2.29. The van der Waals surface area contributed by atoms with Crippen LogP contribution in [-0.2, 0) is 4.79 Å². The minimum atomic E-state index is 0. The van der Waals surface area contributed by atoms with Gasteiger partial charge in [-0.15, -0.1) is 12.4 Å². The lowest BCUT2D eigenvalue weighted by Gasteiger charge is -2.22. The number of nitrogens with one attached hydrogen (secondary N) is 2. The molecular weight excluding hydrogens is 262 g/mol. The van der Waals surface area contributed by atoms with Crippen molar-refractivity contribution in [1.82, 2.24) is 10.2 Å². The molecule has 1 fully saturated rings. The van der Waals surface area contributed by atoms with Gasteiger partial charge in [0.2, 0.25) is 5.91 Å². The summed E-state index contributed by atoms with van der Waals surface area (Å²) in [6.07, 6.45) is 1.12. The van der Waals surface area contributed by atoms with Crippen molar-refractivity contribution in [2.24, 2.45) is 0 Å². The van der Waals surface area contributed by atoms with Crippen LogP contribution in [0.3, 0.4) is 0 Å². The summed E-state index contributed by atoms with van der Waals surface area (Å²) in [6.45, 7) is 4.50. The molecule has 1 aromatic carbocycles. The van der Waals surface area contributed by atoms with E-state index in [9.17, 15) is 4.79 Å². The van der Waals surface area contributed by atoms with Crippen molar-refractivity contribution in [3.63, 3.8) is 0 Å². The van der Waals surface area contributed by atoms with Gasteiger partial charge >= 0.3 is 0 Å². The third-order valence-corrected chi connectivity index (χ3v) is 3.35. The second kappa shape index (κ2) is 7.48. The van der Waals surface area contributed by atoms with Gasteiger partial charge in [-0.2, -0.15) is 0 Å². The molecule has 1 aromatic rings. The molecule has 0 aliphatic carbocycles. The molecule has 1 unspecified atom stereocenters. The molecule has 1 heterocycles. The molecule has 1 amide bonds. The third-order valence-electron chi connectivity index (χ3n) is 3.35. The first kappa shape index (κ1) is 16.0. The number of halogens is 1. The lowest BCUT2D eigenvalue weighted by atomic mass is 10.2. The van der Waals surface area contributed by atoms with Crippen LogP contribution >= 0.6 is 12.4 Å². The van der Waals surface area contributed by atoms with Gasteiger partial charge in [-0.1, -0.05) is 12.1 Å². The molecule has 5 heteroatoms. The molecule has 1 aliphatic heterocycles. The number of hydrogen-bond donors (Lipinski definition) is 2. The van der Waals surface area contributed by atoms with Gasteiger partial charge in [0, 0.05) is 18.3 Å². The van der Waals surface area contributed by atoms with Gasteiger partial charge in [0.05, 0.1) is 6.54 Å². The number of rotatable bonds is 4. The molecule has 1 aliphatic rings. The van der Waals surface area contributed by atoms with Gasteiger partial charge in [-0.3, -0.25) is 9.69 Å². The summed E-state index contributed by atoms with van der Waals surface area (Å²) in [7, 11) is 2.01. The van der Waals surface area contributed by atoms with Gasteiger partial charge in [0.15, 0.2) is 0 Å². The summed E-state index contributed by atoms with van der Waals surface area (Å²) >= 11 is 0. The van der Waals surface area contributed by atoms with Crippen LogP contribution in [0.2, 0.25) is 0 Å². The Kier molecular flexibility index (Phi) is 6.28. The number of anilines is 1. The normalized spacial score (nSPS) is 18.2. The number of hydrogen-bond acceptors (Lipinski definition) is 3. The van der Waals surface area contributed by atoms with Crippen molar-refractivity contribution in [2.75, 3.05) is 32.0 Å². The van der Waals surface area contributed by atoms with Crippen LogP contribution in [0.25, 0.3) is 0 Å². The highest BCUT2D eigenvalue weighted by Gasteiger charge is 2.20. The average molecular weight is 284 g/mol. The third kappa shape index (κ3) is 4.82. The summed E-state index contributed by atoms with van der Waals surface area (Å²) in [6, 6.07) is 8.35. The molecule has 0 radical (unpaired) electrons. The smallest absolute Gasteiger partial charge is 0.238 e. The maximum atomic E-state index is 11.9. The molecule has 0 saturated carbocycles. The van der Waals surface area contributed by atoms with Crippen molar-refractivity contribution in [3.8, 4) is 0 Å². The Bertz CT molecular complexity index is 419. The SMILES string of the molecule is Cc1cccc(NC(=O)CN(C)C2CCNC2)c1.Cl. The Hall–Kier alpha value is -1.10.